The first kappa shape index (κ1) is 12.0. The largest absolute Gasteiger partial charge is 0.381 e. The van der Waals surface area contributed by atoms with Crippen molar-refractivity contribution in [2.24, 2.45) is 5.92 Å². The molecule has 2 nitrogen and oxygen atoms in total. The Labute approximate surface area is 104 Å². The van der Waals surface area contributed by atoms with Gasteiger partial charge in [0.1, 0.15) is 0 Å². The molecule has 2 atom stereocenters. The van der Waals surface area contributed by atoms with E-state index >= 15 is 0 Å². The molecule has 90 valence electrons. The highest BCUT2D eigenvalue weighted by molar-refractivity contribution is 5.52. The second kappa shape index (κ2) is 5.23. The molecule has 2 heteroatoms. The molecule has 0 radical (unpaired) electrons. The molecule has 0 amide bonds. The zero-order valence-electron chi connectivity index (χ0n) is 10.7. The van der Waals surface area contributed by atoms with Gasteiger partial charge in [0.2, 0.25) is 0 Å². The summed E-state index contributed by atoms with van der Waals surface area (Å²) in [4.78, 5) is 0. The number of nitriles is 1. The summed E-state index contributed by atoms with van der Waals surface area (Å²) in [6, 6.07) is 9.22. The Hall–Kier alpha value is -1.49. The van der Waals surface area contributed by atoms with Crippen LogP contribution in [0.4, 0.5) is 5.69 Å². The highest BCUT2D eigenvalue weighted by atomic mass is 14.9. The third-order valence-corrected chi connectivity index (χ3v) is 3.65. The maximum Gasteiger partial charge on any atom is 0.0677 e. The summed E-state index contributed by atoms with van der Waals surface area (Å²) in [7, 11) is 0. The zero-order valence-corrected chi connectivity index (χ0v) is 10.7. The number of aryl methyl sites for hydroxylation is 2. The minimum absolute atomic E-state index is 0.171. The SMILES string of the molecule is Cc1ccc(NC2CCCCC2C#N)c(C)c1. The van der Waals surface area contributed by atoms with Crippen molar-refractivity contribution in [1.29, 1.82) is 5.26 Å². The van der Waals surface area contributed by atoms with Crippen molar-refractivity contribution in [1.82, 2.24) is 0 Å². The average Bonchev–Trinajstić information content (AvgIpc) is 2.33. The third-order valence-electron chi connectivity index (χ3n) is 3.65. The fourth-order valence-electron chi connectivity index (χ4n) is 2.63. The number of nitrogens with one attached hydrogen (secondary N) is 1. The van der Waals surface area contributed by atoms with Crippen LogP contribution >= 0.6 is 0 Å². The average molecular weight is 228 g/mol. The molecule has 1 aromatic rings. The molecule has 0 aromatic heterocycles. The van der Waals surface area contributed by atoms with Crippen LogP contribution in [0.15, 0.2) is 18.2 Å². The van der Waals surface area contributed by atoms with Crippen LogP contribution in [0.2, 0.25) is 0 Å². The van der Waals surface area contributed by atoms with Gasteiger partial charge in [-0.3, -0.25) is 0 Å². The van der Waals surface area contributed by atoms with Gasteiger partial charge < -0.3 is 5.32 Å². The van der Waals surface area contributed by atoms with E-state index in [0.717, 1.165) is 12.8 Å². The lowest BCUT2D eigenvalue weighted by atomic mass is 9.85. The Kier molecular flexibility index (Phi) is 3.68. The number of anilines is 1. The first-order valence-electron chi connectivity index (χ1n) is 6.44. The van der Waals surface area contributed by atoms with E-state index in [-0.39, 0.29) is 5.92 Å². The number of hydrogen-bond donors (Lipinski definition) is 1. The van der Waals surface area contributed by atoms with Crippen LogP contribution in [0, 0.1) is 31.1 Å². The first-order chi connectivity index (χ1) is 8.20. The normalized spacial score (nSPS) is 24.1. The summed E-state index contributed by atoms with van der Waals surface area (Å²) in [6.07, 6.45) is 4.59. The first-order valence-corrected chi connectivity index (χ1v) is 6.44. The lowest BCUT2D eigenvalue weighted by Crippen LogP contribution is -2.31. The fraction of sp³-hybridized carbons (Fsp3) is 0.533. The van der Waals surface area contributed by atoms with Crippen LogP contribution in [0.25, 0.3) is 0 Å². The van der Waals surface area contributed by atoms with E-state index in [9.17, 15) is 0 Å². The molecular weight excluding hydrogens is 208 g/mol. The Bertz CT molecular complexity index is 431. The molecule has 2 rings (SSSR count). The number of nitrogens with zero attached hydrogens (tertiary/aromatic N) is 1. The second-order valence-electron chi connectivity index (χ2n) is 5.09. The van der Waals surface area contributed by atoms with Gasteiger partial charge in [-0.25, -0.2) is 0 Å². The number of rotatable bonds is 2. The highest BCUT2D eigenvalue weighted by Crippen LogP contribution is 2.28. The minimum atomic E-state index is 0.171. The summed E-state index contributed by atoms with van der Waals surface area (Å²) in [5.41, 5.74) is 3.74. The molecule has 0 spiro atoms. The summed E-state index contributed by atoms with van der Waals surface area (Å²) < 4.78 is 0. The molecule has 17 heavy (non-hydrogen) atoms. The smallest absolute Gasteiger partial charge is 0.0677 e. The maximum atomic E-state index is 9.16. The summed E-state index contributed by atoms with van der Waals surface area (Å²) >= 11 is 0. The lowest BCUT2D eigenvalue weighted by Gasteiger charge is -2.29. The van der Waals surface area contributed by atoms with Crippen LogP contribution in [0.5, 0.6) is 0 Å². The van der Waals surface area contributed by atoms with Crippen LogP contribution in [-0.4, -0.2) is 6.04 Å². The molecule has 0 heterocycles. The monoisotopic (exact) mass is 228 g/mol. The molecular formula is C15H20N2. The molecule has 1 aliphatic carbocycles. The van der Waals surface area contributed by atoms with E-state index in [1.807, 2.05) is 0 Å². The van der Waals surface area contributed by atoms with Crippen LogP contribution in [-0.2, 0) is 0 Å². The summed E-state index contributed by atoms with van der Waals surface area (Å²) in [6.45, 7) is 4.23. The second-order valence-corrected chi connectivity index (χ2v) is 5.09. The zero-order chi connectivity index (χ0) is 12.3. The topological polar surface area (TPSA) is 35.8 Å². The highest BCUT2D eigenvalue weighted by Gasteiger charge is 2.24. The van der Waals surface area contributed by atoms with Crippen LogP contribution in [0.3, 0.4) is 0 Å². The quantitative estimate of drug-likeness (QED) is 0.835. The van der Waals surface area contributed by atoms with Crippen molar-refractivity contribution in [3.05, 3.63) is 29.3 Å². The molecule has 1 fully saturated rings. The molecule has 0 saturated heterocycles. The minimum Gasteiger partial charge on any atom is -0.381 e. The standard InChI is InChI=1S/C15H20N2/c1-11-7-8-14(12(2)9-11)17-15-6-4-3-5-13(15)10-16/h7-9,13,15,17H,3-6H2,1-2H3. The lowest BCUT2D eigenvalue weighted by molar-refractivity contribution is 0.388. The summed E-state index contributed by atoms with van der Waals surface area (Å²) in [5, 5.41) is 12.7. The van der Waals surface area contributed by atoms with E-state index in [2.05, 4.69) is 43.4 Å². The van der Waals surface area contributed by atoms with E-state index < -0.39 is 0 Å². The number of benzene rings is 1. The van der Waals surface area contributed by atoms with E-state index in [1.165, 1.54) is 29.7 Å². The maximum absolute atomic E-state index is 9.16. The molecule has 2 unspecified atom stereocenters. The van der Waals surface area contributed by atoms with Gasteiger partial charge in [-0.05, 0) is 38.3 Å². The van der Waals surface area contributed by atoms with Gasteiger partial charge in [0.25, 0.3) is 0 Å². The van der Waals surface area contributed by atoms with Gasteiger partial charge in [-0.15, -0.1) is 0 Å². The molecule has 1 N–H and O–H groups in total. The van der Waals surface area contributed by atoms with E-state index in [0.29, 0.717) is 6.04 Å². The van der Waals surface area contributed by atoms with Crippen molar-refractivity contribution in [3.8, 4) is 6.07 Å². The molecule has 1 aromatic carbocycles. The van der Waals surface area contributed by atoms with Crippen LogP contribution < -0.4 is 5.32 Å². The van der Waals surface area contributed by atoms with Gasteiger partial charge in [0, 0.05) is 11.7 Å². The molecule has 0 bridgehead atoms. The van der Waals surface area contributed by atoms with Gasteiger partial charge in [-0.2, -0.15) is 5.26 Å². The Morgan fingerprint density at radius 1 is 1.24 bits per heavy atom. The van der Waals surface area contributed by atoms with Crippen LogP contribution in [0.1, 0.15) is 36.8 Å². The third kappa shape index (κ3) is 2.79. The summed E-state index contributed by atoms with van der Waals surface area (Å²) in [5.74, 6) is 0.171. The van der Waals surface area contributed by atoms with Crippen molar-refractivity contribution in [3.63, 3.8) is 0 Å². The molecule has 0 aliphatic heterocycles. The predicted molar refractivity (Wildman–Crippen MR) is 70.9 cm³/mol. The van der Waals surface area contributed by atoms with E-state index in [4.69, 9.17) is 5.26 Å². The van der Waals surface area contributed by atoms with Crippen molar-refractivity contribution in [2.45, 2.75) is 45.6 Å². The Morgan fingerprint density at radius 2 is 2.00 bits per heavy atom. The van der Waals surface area contributed by atoms with Crippen molar-refractivity contribution >= 4 is 5.69 Å². The predicted octanol–water partition coefficient (Wildman–Crippen LogP) is 3.80. The Morgan fingerprint density at radius 3 is 2.71 bits per heavy atom. The van der Waals surface area contributed by atoms with Gasteiger partial charge >= 0.3 is 0 Å². The van der Waals surface area contributed by atoms with Gasteiger partial charge in [0.15, 0.2) is 0 Å². The van der Waals surface area contributed by atoms with Gasteiger partial charge in [0.05, 0.1) is 12.0 Å². The Balaban J connectivity index is 2.11. The van der Waals surface area contributed by atoms with Crippen molar-refractivity contribution < 1.29 is 0 Å². The molecule has 1 saturated carbocycles. The fourth-order valence-corrected chi connectivity index (χ4v) is 2.63. The van der Waals surface area contributed by atoms with E-state index in [1.54, 1.807) is 0 Å². The van der Waals surface area contributed by atoms with Gasteiger partial charge in [-0.1, -0.05) is 30.5 Å². The number of hydrogen-bond acceptors (Lipinski definition) is 2. The molecule has 1 aliphatic rings. The van der Waals surface area contributed by atoms with Crippen molar-refractivity contribution in [2.75, 3.05) is 5.32 Å².